The number of hydrogen-bond donors (Lipinski definition) is 7. The highest BCUT2D eigenvalue weighted by atomic mass is 35.5. The van der Waals surface area contributed by atoms with E-state index >= 15 is 0 Å². The molecule has 0 aliphatic carbocycles. The van der Waals surface area contributed by atoms with Crippen LogP contribution in [-0.4, -0.2) is 463 Å². The first-order valence-corrected chi connectivity index (χ1v) is 46.2. The Morgan fingerprint density at radius 3 is 0.308 bits per heavy atom. The third-order valence-electron chi connectivity index (χ3n) is 19.7. The molecule has 35 unspecified atom stereocenters. The van der Waals surface area contributed by atoms with Gasteiger partial charge in [0.05, 0.1) is 46.2 Å². The van der Waals surface area contributed by atoms with E-state index in [9.17, 15) is 103 Å². The van der Waals surface area contributed by atoms with Gasteiger partial charge in [-0.25, -0.2) is 0 Å². The first-order chi connectivity index (χ1) is 63.7. The van der Waals surface area contributed by atoms with Crippen LogP contribution in [0.3, 0.4) is 0 Å². The maximum Gasteiger partial charge on any atom is 0.321 e. The summed E-state index contributed by atoms with van der Waals surface area (Å²) >= 11 is 84.8. The first-order valence-electron chi connectivity index (χ1n) is 38.7. The standard InChI is InChI=1S/C70H84Cl14O49/c71-1-29(92)113-50-43-22(15-85)106-64(57(50)120-36(99)8-78)128-44-23(16-86)108-66(59(122-38(101)10-80)51(44)114-30(93)2-72)130-46-25(18-88)110-68(61(124-40(103)12-82)53(46)116-32(95)4-74)132-48-27(20-90)112-70(63(126-42(105)14-84)55(48)118-34(97)6-76)133-49-28(21-91)111-69(62(125-41(104)13-83)56(49)119-35(98)7-77)131-47-26(19-89)109-67(60(123-39(102)11-81)54(47)117-33(96)5-75)129-45-24(17-87)107-65(127-43)58(121-37(100)9-79)52(45)115-31(94)3-73/h22-28,43-70,85-91H,1-21H2. The van der Waals surface area contributed by atoms with Crippen LogP contribution in [0, 0.1) is 0 Å². The summed E-state index contributed by atoms with van der Waals surface area (Å²) in [4.78, 5) is 195. The molecule has 21 aliphatic heterocycles. The van der Waals surface area contributed by atoms with Crippen LogP contribution in [0.4, 0.5) is 0 Å². The number of alkyl halides is 14. The molecule has 21 heterocycles. The molecular formula is C70H84Cl14O49. The van der Waals surface area contributed by atoms with Gasteiger partial charge in [0, 0.05) is 0 Å². The molecule has 0 amide bonds. The molecule has 0 saturated carbocycles. The lowest BCUT2D eigenvalue weighted by molar-refractivity contribution is -0.396. The van der Waals surface area contributed by atoms with E-state index in [-0.39, 0.29) is 0 Å². The van der Waals surface area contributed by atoms with Gasteiger partial charge in [0.1, 0.15) is 168 Å². The highest BCUT2D eigenvalue weighted by Gasteiger charge is 2.66. The molecule has 756 valence electrons. The topological polar surface area (TPSA) is 639 Å². The molecular weight excluding hydrogens is 2120 g/mol. The van der Waals surface area contributed by atoms with Gasteiger partial charge in [0.2, 0.25) is 0 Å². The molecule has 21 aliphatic rings. The molecule has 0 spiro atoms. The van der Waals surface area contributed by atoms with Crippen molar-refractivity contribution in [1.82, 2.24) is 0 Å². The zero-order chi connectivity index (χ0) is 97.9. The quantitative estimate of drug-likeness (QED) is 0.0180. The average molecular weight is 2210 g/mol. The van der Waals surface area contributed by atoms with Gasteiger partial charge >= 0.3 is 83.6 Å². The molecule has 21 saturated heterocycles. The molecule has 63 heteroatoms. The summed E-state index contributed by atoms with van der Waals surface area (Å²) in [6.07, 6.45) is -85.9. The molecule has 0 aromatic rings. The highest BCUT2D eigenvalue weighted by molar-refractivity contribution is 6.30. The van der Waals surface area contributed by atoms with Crippen LogP contribution in [0.15, 0.2) is 0 Å². The third-order valence-corrected chi connectivity index (χ3v) is 22.8. The number of rotatable bonds is 35. The predicted molar refractivity (Wildman–Crippen MR) is 433 cm³/mol. The summed E-state index contributed by atoms with van der Waals surface area (Å²) < 4.78 is 170. The Kier molecular flexibility index (Phi) is 47.9. The first kappa shape index (κ1) is 114. The number of hydrogen-bond acceptors (Lipinski definition) is 49. The van der Waals surface area contributed by atoms with Gasteiger partial charge in [0.25, 0.3) is 0 Å². The molecule has 133 heavy (non-hydrogen) atoms. The van der Waals surface area contributed by atoms with Gasteiger partial charge in [-0.1, -0.05) is 0 Å². The van der Waals surface area contributed by atoms with Crippen LogP contribution in [0.1, 0.15) is 0 Å². The SMILES string of the molecule is O=C(CCl)OC1C2OC(CO)C(OC3OC(CO)C(OC4OC(CO)C(OC5OC(CO)C(OC6OC(CO)C(OC7OC(CO)C(OC8OC(CO)C(O2)C(OC(=O)CCl)C8OC(=O)CCl)C(OC(=O)CCl)C7OC(=O)CCl)C(OC(=O)CCl)C6OC(=O)CCl)C(OC(=O)CCl)C5OC(=O)CCl)C(OC(=O)CCl)C4OC(=O)CCl)C(OC(=O)CCl)C3OC(=O)CCl)C1OC(=O)CCl. The second-order valence-electron chi connectivity index (χ2n) is 28.0. The summed E-state index contributed by atoms with van der Waals surface area (Å²) in [5.74, 6) is -37.1. The lowest BCUT2D eigenvalue weighted by Crippen LogP contribution is -2.70. The van der Waals surface area contributed by atoms with E-state index in [0.717, 1.165) is 0 Å². The Bertz CT molecular complexity index is 3210. The van der Waals surface area contributed by atoms with E-state index in [1.807, 2.05) is 0 Å². The Hall–Kier alpha value is -4.20. The van der Waals surface area contributed by atoms with E-state index in [1.165, 1.54) is 0 Å². The van der Waals surface area contributed by atoms with E-state index in [0.29, 0.717) is 0 Å². The fourth-order valence-electron chi connectivity index (χ4n) is 14.6. The fourth-order valence-corrected chi connectivity index (χ4v) is 15.4. The van der Waals surface area contributed by atoms with Crippen molar-refractivity contribution in [2.75, 3.05) is 129 Å². The average Bonchev–Trinajstić information content (AvgIpc) is 0.784. The molecule has 0 aromatic heterocycles. The van der Waals surface area contributed by atoms with Crippen molar-refractivity contribution in [2.45, 2.75) is 215 Å². The molecule has 35 atom stereocenters. The summed E-state index contributed by atoms with van der Waals surface area (Å²) in [6, 6.07) is 0. The smallest absolute Gasteiger partial charge is 0.321 e. The van der Waals surface area contributed by atoms with Crippen LogP contribution in [0.25, 0.3) is 0 Å². The maximum absolute atomic E-state index is 13.9. The van der Waals surface area contributed by atoms with Gasteiger partial charge in [-0.3, -0.25) is 67.1 Å². The highest BCUT2D eigenvalue weighted by Crippen LogP contribution is 2.45. The van der Waals surface area contributed by atoms with Crippen molar-refractivity contribution in [3.8, 4) is 0 Å². The predicted octanol–water partition coefficient (Wildman–Crippen LogP) is -4.17. The normalized spacial score (nSPS) is 36.3. The van der Waals surface area contributed by atoms with Crippen molar-refractivity contribution in [1.29, 1.82) is 0 Å². The number of halogens is 14. The van der Waals surface area contributed by atoms with Crippen molar-refractivity contribution in [3.63, 3.8) is 0 Å². The van der Waals surface area contributed by atoms with Crippen molar-refractivity contribution in [3.05, 3.63) is 0 Å². The summed E-state index contributed by atoms with van der Waals surface area (Å²) in [5.41, 5.74) is 0. The van der Waals surface area contributed by atoms with Gasteiger partial charge < -0.3 is 168 Å². The third kappa shape index (κ3) is 29.5. The molecule has 21 rings (SSSR count). The van der Waals surface area contributed by atoms with Crippen LogP contribution in [0.5, 0.6) is 0 Å². The number of carbonyl (C=O) groups is 14. The molecule has 21 fully saturated rings. The number of esters is 14. The van der Waals surface area contributed by atoms with Crippen LogP contribution >= 0.6 is 162 Å². The van der Waals surface area contributed by atoms with Crippen LogP contribution < -0.4 is 0 Å². The maximum atomic E-state index is 13.9. The molecule has 49 nitrogen and oxygen atoms in total. The Morgan fingerprint density at radius 1 is 0.150 bits per heavy atom. The summed E-state index contributed by atoms with van der Waals surface area (Å²) in [6.45, 7) is -10.1. The summed E-state index contributed by atoms with van der Waals surface area (Å²) in [7, 11) is 0. The number of ether oxygens (including phenoxy) is 28. The largest absolute Gasteiger partial charge is 0.454 e. The van der Waals surface area contributed by atoms with Crippen LogP contribution in [0.2, 0.25) is 0 Å². The van der Waals surface area contributed by atoms with E-state index < -0.39 is 427 Å². The van der Waals surface area contributed by atoms with Crippen molar-refractivity contribution < 1.29 is 236 Å². The minimum Gasteiger partial charge on any atom is -0.454 e. The Morgan fingerprint density at radius 2 is 0.233 bits per heavy atom. The minimum atomic E-state index is -2.58. The van der Waals surface area contributed by atoms with E-state index in [1.54, 1.807) is 0 Å². The van der Waals surface area contributed by atoms with E-state index in [2.05, 4.69) is 0 Å². The lowest BCUT2D eigenvalue weighted by atomic mass is 9.94. The number of aliphatic hydroxyl groups excluding tert-OH is 7. The van der Waals surface area contributed by atoms with Gasteiger partial charge in [0.15, 0.2) is 129 Å². The zero-order valence-corrected chi connectivity index (χ0v) is 78.2. The second kappa shape index (κ2) is 55.9. The molecule has 0 aromatic carbocycles. The van der Waals surface area contributed by atoms with E-state index in [4.69, 9.17) is 295 Å². The molecule has 0 radical (unpaired) electrons. The van der Waals surface area contributed by atoms with Gasteiger partial charge in [-0.2, -0.15) is 0 Å². The van der Waals surface area contributed by atoms with Gasteiger partial charge in [-0.05, 0) is 0 Å². The Balaban J connectivity index is 1.46. The second-order valence-corrected chi connectivity index (χ2v) is 31.8. The number of aliphatic hydroxyl groups is 7. The van der Waals surface area contributed by atoms with Crippen molar-refractivity contribution >= 4 is 246 Å². The lowest BCUT2D eigenvalue weighted by Gasteiger charge is -2.52. The fraction of sp³-hybridized carbons (Fsp3) is 0.800. The number of carbonyl (C=O) groups excluding carboxylic acids is 14. The zero-order valence-electron chi connectivity index (χ0n) is 67.6. The minimum absolute atomic E-state index is 1.15. The van der Waals surface area contributed by atoms with Gasteiger partial charge in [-0.15, -0.1) is 162 Å². The Labute approximate surface area is 819 Å². The molecule has 7 N–H and O–H groups in total. The van der Waals surface area contributed by atoms with Crippen molar-refractivity contribution in [2.24, 2.45) is 0 Å². The van der Waals surface area contributed by atoms with Crippen LogP contribution in [-0.2, 0) is 200 Å². The molecule has 14 bridgehead atoms. The monoisotopic (exact) mass is 2200 g/mol. The summed E-state index contributed by atoms with van der Waals surface area (Å²) in [5, 5.41) is 81.0.